The number of likely N-dealkylation sites (tertiary alicyclic amines) is 1. The Morgan fingerprint density at radius 3 is 2.72 bits per heavy atom. The van der Waals surface area contributed by atoms with E-state index in [1.165, 1.54) is 31.4 Å². The van der Waals surface area contributed by atoms with E-state index in [0.717, 1.165) is 25.1 Å². The van der Waals surface area contributed by atoms with Gasteiger partial charge in [-0.15, -0.1) is 0 Å². The van der Waals surface area contributed by atoms with Crippen molar-refractivity contribution in [2.75, 3.05) is 25.4 Å². The molecule has 1 aromatic rings. The predicted molar refractivity (Wildman–Crippen MR) is 75.5 cm³/mol. The van der Waals surface area contributed by atoms with Crippen LogP contribution in [0.5, 0.6) is 0 Å². The van der Waals surface area contributed by atoms with Crippen molar-refractivity contribution in [3.05, 3.63) is 29.8 Å². The number of aliphatic hydroxyl groups is 1. The van der Waals surface area contributed by atoms with Gasteiger partial charge in [0.25, 0.3) is 0 Å². The molecular weight excluding hydrogens is 224 g/mol. The van der Waals surface area contributed by atoms with Crippen LogP contribution in [0.1, 0.15) is 31.2 Å². The van der Waals surface area contributed by atoms with Gasteiger partial charge in [-0.3, -0.25) is 4.90 Å². The van der Waals surface area contributed by atoms with Crippen LogP contribution in [-0.4, -0.2) is 35.7 Å². The van der Waals surface area contributed by atoms with Gasteiger partial charge in [0.2, 0.25) is 0 Å². The van der Waals surface area contributed by atoms with Gasteiger partial charge in [0.05, 0.1) is 0 Å². The van der Waals surface area contributed by atoms with E-state index in [4.69, 9.17) is 10.8 Å². The molecule has 0 spiro atoms. The Labute approximate surface area is 110 Å². The third kappa shape index (κ3) is 3.72. The summed E-state index contributed by atoms with van der Waals surface area (Å²) >= 11 is 0. The lowest BCUT2D eigenvalue weighted by Gasteiger charge is -2.35. The van der Waals surface area contributed by atoms with Crippen molar-refractivity contribution < 1.29 is 5.11 Å². The van der Waals surface area contributed by atoms with E-state index in [0.29, 0.717) is 12.6 Å². The van der Waals surface area contributed by atoms with E-state index in [1.807, 2.05) is 12.1 Å². The quantitative estimate of drug-likeness (QED) is 0.784. The molecule has 0 aliphatic carbocycles. The second-order valence-electron chi connectivity index (χ2n) is 5.19. The SMILES string of the molecule is Nc1ccc(CCN2CCCCC2CCO)cc1. The van der Waals surface area contributed by atoms with Crippen LogP contribution in [-0.2, 0) is 6.42 Å². The van der Waals surface area contributed by atoms with Crippen molar-refractivity contribution in [1.29, 1.82) is 0 Å². The first-order chi connectivity index (χ1) is 8.79. The minimum atomic E-state index is 0.309. The Hall–Kier alpha value is -1.06. The van der Waals surface area contributed by atoms with Crippen LogP contribution >= 0.6 is 0 Å². The molecule has 1 fully saturated rings. The highest BCUT2D eigenvalue weighted by Gasteiger charge is 2.21. The number of nitrogens with two attached hydrogens (primary N) is 1. The minimum absolute atomic E-state index is 0.309. The molecule has 3 N–H and O–H groups in total. The lowest BCUT2D eigenvalue weighted by atomic mass is 9.99. The van der Waals surface area contributed by atoms with Crippen LogP contribution in [0.4, 0.5) is 5.69 Å². The molecule has 0 bridgehead atoms. The largest absolute Gasteiger partial charge is 0.399 e. The fourth-order valence-electron chi connectivity index (χ4n) is 2.79. The normalized spacial score (nSPS) is 21.1. The molecule has 0 saturated carbocycles. The zero-order valence-electron chi connectivity index (χ0n) is 11.0. The van der Waals surface area contributed by atoms with Gasteiger partial charge in [-0.25, -0.2) is 0 Å². The standard InChI is InChI=1S/C15H24N2O/c16-14-6-4-13(5-7-14)8-11-17-10-2-1-3-15(17)9-12-18/h4-7,15,18H,1-3,8-12,16H2. The topological polar surface area (TPSA) is 49.5 Å². The number of nitrogen functional groups attached to an aromatic ring is 1. The number of anilines is 1. The molecule has 18 heavy (non-hydrogen) atoms. The van der Waals surface area contributed by atoms with Crippen LogP contribution < -0.4 is 5.73 Å². The first-order valence-corrected chi connectivity index (χ1v) is 6.99. The zero-order chi connectivity index (χ0) is 12.8. The summed E-state index contributed by atoms with van der Waals surface area (Å²) in [5.74, 6) is 0. The first-order valence-electron chi connectivity index (χ1n) is 6.99. The second kappa shape index (κ2) is 6.76. The van der Waals surface area contributed by atoms with Gasteiger partial charge < -0.3 is 10.8 Å². The molecule has 0 amide bonds. The van der Waals surface area contributed by atoms with Crippen molar-refractivity contribution in [3.63, 3.8) is 0 Å². The Kier molecular flexibility index (Phi) is 5.02. The molecular formula is C15H24N2O. The smallest absolute Gasteiger partial charge is 0.0445 e. The number of benzene rings is 1. The summed E-state index contributed by atoms with van der Waals surface area (Å²) in [4.78, 5) is 2.54. The van der Waals surface area contributed by atoms with Crippen molar-refractivity contribution in [1.82, 2.24) is 4.90 Å². The Bertz CT molecular complexity index is 348. The molecule has 1 aromatic carbocycles. The number of rotatable bonds is 5. The number of nitrogens with zero attached hydrogens (tertiary/aromatic N) is 1. The van der Waals surface area contributed by atoms with Gasteiger partial charge in [-0.2, -0.15) is 0 Å². The van der Waals surface area contributed by atoms with E-state index in [1.54, 1.807) is 0 Å². The predicted octanol–water partition coefficient (Wildman–Crippen LogP) is 2.05. The number of hydrogen-bond donors (Lipinski definition) is 2. The summed E-state index contributed by atoms with van der Waals surface area (Å²) in [7, 11) is 0. The maximum Gasteiger partial charge on any atom is 0.0445 e. The highest BCUT2D eigenvalue weighted by molar-refractivity contribution is 5.39. The van der Waals surface area contributed by atoms with E-state index < -0.39 is 0 Å². The maximum absolute atomic E-state index is 9.11. The van der Waals surface area contributed by atoms with Gasteiger partial charge in [0.1, 0.15) is 0 Å². The lowest BCUT2D eigenvalue weighted by Crippen LogP contribution is -2.41. The molecule has 100 valence electrons. The van der Waals surface area contributed by atoms with Crippen LogP contribution in [0.15, 0.2) is 24.3 Å². The van der Waals surface area contributed by atoms with Crippen LogP contribution in [0, 0.1) is 0 Å². The fourth-order valence-corrected chi connectivity index (χ4v) is 2.79. The van der Waals surface area contributed by atoms with E-state index in [-0.39, 0.29) is 0 Å². The first kappa shape index (κ1) is 13.4. The number of aliphatic hydroxyl groups excluding tert-OH is 1. The van der Waals surface area contributed by atoms with Crippen molar-refractivity contribution in [2.45, 2.75) is 38.1 Å². The van der Waals surface area contributed by atoms with Crippen LogP contribution in [0.2, 0.25) is 0 Å². The molecule has 1 aliphatic heterocycles. The molecule has 0 radical (unpaired) electrons. The number of piperidine rings is 1. The molecule has 0 aromatic heterocycles. The highest BCUT2D eigenvalue weighted by Crippen LogP contribution is 2.20. The average Bonchev–Trinajstić information content (AvgIpc) is 2.40. The zero-order valence-corrected chi connectivity index (χ0v) is 11.0. The van der Waals surface area contributed by atoms with Gasteiger partial charge in [-0.05, 0) is 49.9 Å². The summed E-state index contributed by atoms with van der Waals surface area (Å²) in [6.45, 7) is 2.58. The van der Waals surface area contributed by atoms with Gasteiger partial charge in [0, 0.05) is 24.9 Å². The molecule has 1 atom stereocenters. The van der Waals surface area contributed by atoms with Crippen molar-refractivity contribution in [3.8, 4) is 0 Å². The highest BCUT2D eigenvalue weighted by atomic mass is 16.3. The van der Waals surface area contributed by atoms with Gasteiger partial charge >= 0.3 is 0 Å². The average molecular weight is 248 g/mol. The molecule has 1 aliphatic rings. The molecule has 1 unspecified atom stereocenters. The van der Waals surface area contributed by atoms with Gasteiger partial charge in [-0.1, -0.05) is 18.6 Å². The fraction of sp³-hybridized carbons (Fsp3) is 0.600. The monoisotopic (exact) mass is 248 g/mol. The minimum Gasteiger partial charge on any atom is -0.399 e. The van der Waals surface area contributed by atoms with Gasteiger partial charge in [0.15, 0.2) is 0 Å². The summed E-state index contributed by atoms with van der Waals surface area (Å²) in [6, 6.07) is 8.74. The maximum atomic E-state index is 9.11. The van der Waals surface area contributed by atoms with E-state index in [2.05, 4.69) is 17.0 Å². The summed E-state index contributed by atoms with van der Waals surface area (Å²) in [5.41, 5.74) is 7.86. The van der Waals surface area contributed by atoms with Crippen molar-refractivity contribution in [2.24, 2.45) is 0 Å². The summed E-state index contributed by atoms with van der Waals surface area (Å²) in [5, 5.41) is 9.11. The number of hydrogen-bond acceptors (Lipinski definition) is 3. The Morgan fingerprint density at radius 2 is 2.00 bits per heavy atom. The third-order valence-corrected chi connectivity index (χ3v) is 3.88. The molecule has 2 rings (SSSR count). The second-order valence-corrected chi connectivity index (χ2v) is 5.19. The van der Waals surface area contributed by atoms with Crippen LogP contribution in [0.25, 0.3) is 0 Å². The van der Waals surface area contributed by atoms with E-state index >= 15 is 0 Å². The summed E-state index contributed by atoms with van der Waals surface area (Å²) < 4.78 is 0. The van der Waals surface area contributed by atoms with Crippen LogP contribution in [0.3, 0.4) is 0 Å². The van der Waals surface area contributed by atoms with Crippen molar-refractivity contribution >= 4 is 5.69 Å². The molecule has 3 heteroatoms. The lowest BCUT2D eigenvalue weighted by molar-refractivity contribution is 0.120. The van der Waals surface area contributed by atoms with E-state index in [9.17, 15) is 0 Å². The third-order valence-electron chi connectivity index (χ3n) is 3.88. The Balaban J connectivity index is 1.85. The molecule has 1 saturated heterocycles. The molecule has 1 heterocycles. The molecule has 3 nitrogen and oxygen atoms in total. The Morgan fingerprint density at radius 1 is 1.22 bits per heavy atom. The summed E-state index contributed by atoms with van der Waals surface area (Å²) in [6.07, 6.45) is 5.83.